The predicted octanol–water partition coefficient (Wildman–Crippen LogP) is 2.71. The van der Waals surface area contributed by atoms with Gasteiger partial charge in [-0.3, -0.25) is 14.6 Å². The van der Waals surface area contributed by atoms with Crippen molar-refractivity contribution in [3.8, 4) is 0 Å². The molecule has 45 heavy (non-hydrogen) atoms. The minimum absolute atomic E-state index is 0.0422. The maximum absolute atomic E-state index is 13.6. The number of nitrogens with two attached hydrogens (primary N) is 2. The van der Waals surface area contributed by atoms with Crippen LogP contribution in [0.1, 0.15) is 22.7 Å². The molecule has 0 radical (unpaired) electrons. The Morgan fingerprint density at radius 1 is 0.956 bits per heavy atom. The fourth-order valence-electron chi connectivity index (χ4n) is 3.64. The van der Waals surface area contributed by atoms with Gasteiger partial charge in [-0.05, 0) is 48.4 Å². The van der Waals surface area contributed by atoms with E-state index < -0.39 is 48.0 Å². The van der Waals surface area contributed by atoms with Gasteiger partial charge in [0.15, 0.2) is 5.96 Å². The summed E-state index contributed by atoms with van der Waals surface area (Å²) in [5.41, 5.74) is 14.1. The second-order valence-electron chi connectivity index (χ2n) is 8.93. The van der Waals surface area contributed by atoms with Crippen molar-refractivity contribution in [2.24, 2.45) is 22.4 Å². The van der Waals surface area contributed by atoms with E-state index >= 15 is 0 Å². The van der Waals surface area contributed by atoms with Crippen molar-refractivity contribution in [3.63, 3.8) is 0 Å². The van der Waals surface area contributed by atoms with E-state index in [-0.39, 0.29) is 22.6 Å². The molecule has 0 fully saturated rings. The number of hydrogen-bond acceptors (Lipinski definition) is 6. The number of carboxylic acids is 2. The van der Waals surface area contributed by atoms with Gasteiger partial charge in [0, 0.05) is 24.7 Å². The molecule has 2 amide bonds. The Labute approximate surface area is 254 Å². The summed E-state index contributed by atoms with van der Waals surface area (Å²) in [6, 6.07) is 9.32. The SMILES string of the molecule is CNCc1ccc2c(c1)[C@@H](NC(=O)C(=O)Nc1ccc(Cl)c(F)c1)[C@H](CN=C(N)N)C2.O=C(O)C(F)(F)F.O=C(O)C(F)(F)F. The molecule has 0 aliphatic heterocycles. The molecule has 0 aromatic heterocycles. The van der Waals surface area contributed by atoms with Crippen molar-refractivity contribution in [2.45, 2.75) is 31.4 Å². The van der Waals surface area contributed by atoms with E-state index in [0.717, 1.165) is 22.8 Å². The number of carbonyl (C=O) groups excluding carboxylic acids is 2. The zero-order valence-corrected chi connectivity index (χ0v) is 23.6. The molecule has 12 nitrogen and oxygen atoms in total. The summed E-state index contributed by atoms with van der Waals surface area (Å²) in [6.07, 6.45) is -9.51. The molecule has 2 atom stereocenters. The number of anilines is 1. The molecule has 0 spiro atoms. The summed E-state index contributed by atoms with van der Waals surface area (Å²) < 4.78 is 77.1. The number of benzene rings is 2. The second-order valence-corrected chi connectivity index (χ2v) is 9.34. The first kappa shape index (κ1) is 38.4. The first-order valence-electron chi connectivity index (χ1n) is 12.2. The summed E-state index contributed by atoms with van der Waals surface area (Å²) >= 11 is 5.64. The lowest BCUT2D eigenvalue weighted by Gasteiger charge is -2.21. The molecule has 2 aromatic rings. The smallest absolute Gasteiger partial charge is 0.475 e. The summed E-state index contributed by atoms with van der Waals surface area (Å²) in [5.74, 6) is -8.13. The van der Waals surface area contributed by atoms with Crippen LogP contribution in [0.15, 0.2) is 41.4 Å². The Bertz CT molecular complexity index is 1390. The Hall–Kier alpha value is -4.65. The van der Waals surface area contributed by atoms with Gasteiger partial charge in [-0.15, -0.1) is 0 Å². The average Bonchev–Trinajstić information content (AvgIpc) is 3.25. The van der Waals surface area contributed by atoms with E-state index in [4.69, 9.17) is 42.9 Å². The van der Waals surface area contributed by atoms with Crippen molar-refractivity contribution < 1.29 is 60.1 Å². The van der Waals surface area contributed by atoms with Gasteiger partial charge >= 0.3 is 36.1 Å². The number of nitrogens with one attached hydrogen (secondary N) is 3. The Balaban J connectivity index is 0.000000601. The van der Waals surface area contributed by atoms with Crippen molar-refractivity contribution in [1.29, 1.82) is 0 Å². The normalized spacial score (nSPS) is 15.2. The molecule has 2 aromatic carbocycles. The molecule has 20 heteroatoms. The molecule has 0 bridgehead atoms. The second kappa shape index (κ2) is 16.4. The zero-order chi connectivity index (χ0) is 34.7. The van der Waals surface area contributed by atoms with Crippen LogP contribution in [0.3, 0.4) is 0 Å². The van der Waals surface area contributed by atoms with Crippen LogP contribution in [-0.2, 0) is 32.1 Å². The van der Waals surface area contributed by atoms with Gasteiger partial charge in [0.1, 0.15) is 5.82 Å². The topological polar surface area (TPSA) is 209 Å². The Kier molecular flexibility index (Phi) is 14.0. The number of nitrogens with zero attached hydrogens (tertiary/aromatic N) is 1. The molecule has 248 valence electrons. The largest absolute Gasteiger partial charge is 0.490 e. The average molecular weight is 675 g/mol. The van der Waals surface area contributed by atoms with Crippen LogP contribution in [0, 0.1) is 11.7 Å². The van der Waals surface area contributed by atoms with Crippen molar-refractivity contribution in [1.82, 2.24) is 10.6 Å². The van der Waals surface area contributed by atoms with E-state index in [1.807, 2.05) is 25.2 Å². The van der Waals surface area contributed by atoms with Gasteiger partial charge < -0.3 is 37.6 Å². The molecule has 9 N–H and O–H groups in total. The van der Waals surface area contributed by atoms with Crippen LogP contribution >= 0.6 is 11.6 Å². The number of guanidine groups is 1. The first-order valence-corrected chi connectivity index (χ1v) is 12.5. The number of alkyl halides is 6. The molecule has 1 aliphatic rings. The lowest BCUT2D eigenvalue weighted by Crippen LogP contribution is -2.40. The lowest BCUT2D eigenvalue weighted by molar-refractivity contribution is -0.193. The molecule has 0 saturated heterocycles. The minimum Gasteiger partial charge on any atom is -0.475 e. The monoisotopic (exact) mass is 674 g/mol. The number of amides is 2. The number of hydrogen-bond donors (Lipinski definition) is 7. The minimum atomic E-state index is -5.08. The zero-order valence-electron chi connectivity index (χ0n) is 22.9. The molecular weight excluding hydrogens is 649 g/mol. The van der Waals surface area contributed by atoms with E-state index in [9.17, 15) is 40.3 Å². The van der Waals surface area contributed by atoms with Gasteiger partial charge in [-0.25, -0.2) is 14.0 Å². The summed E-state index contributed by atoms with van der Waals surface area (Å²) in [4.78, 5) is 46.9. The van der Waals surface area contributed by atoms with Crippen LogP contribution in [-0.4, -0.2) is 65.9 Å². The highest BCUT2D eigenvalue weighted by atomic mass is 35.5. The molecule has 1 aliphatic carbocycles. The molecule has 0 saturated carbocycles. The van der Waals surface area contributed by atoms with Gasteiger partial charge in [0.2, 0.25) is 0 Å². The van der Waals surface area contributed by atoms with Gasteiger partial charge in [-0.1, -0.05) is 29.8 Å². The number of halogens is 8. The summed E-state index contributed by atoms with van der Waals surface area (Å²) in [5, 5.41) is 22.4. The molecular formula is C25H26ClF7N6O6. The van der Waals surface area contributed by atoms with Crippen LogP contribution in [0.4, 0.5) is 36.4 Å². The van der Waals surface area contributed by atoms with Crippen LogP contribution < -0.4 is 27.4 Å². The molecule has 0 heterocycles. The van der Waals surface area contributed by atoms with Gasteiger partial charge in [0.05, 0.1) is 11.1 Å². The lowest BCUT2D eigenvalue weighted by atomic mass is 9.99. The van der Waals surface area contributed by atoms with Gasteiger partial charge in [0.25, 0.3) is 0 Å². The number of fused-ring (bicyclic) bond motifs is 1. The highest BCUT2D eigenvalue weighted by molar-refractivity contribution is 6.39. The van der Waals surface area contributed by atoms with E-state index in [2.05, 4.69) is 20.9 Å². The number of carboxylic acid groups (broad SMARTS) is 2. The highest BCUT2D eigenvalue weighted by Crippen LogP contribution is 2.37. The third kappa shape index (κ3) is 12.9. The quantitative estimate of drug-likeness (QED) is 0.104. The number of rotatable bonds is 6. The maximum atomic E-state index is 13.6. The summed E-state index contributed by atoms with van der Waals surface area (Å²) in [7, 11) is 1.85. The third-order valence-electron chi connectivity index (χ3n) is 5.54. The number of aliphatic carboxylic acids is 2. The third-order valence-corrected chi connectivity index (χ3v) is 5.85. The van der Waals surface area contributed by atoms with Crippen LogP contribution in [0.25, 0.3) is 0 Å². The predicted molar refractivity (Wildman–Crippen MR) is 145 cm³/mol. The van der Waals surface area contributed by atoms with Crippen molar-refractivity contribution >= 4 is 47.0 Å². The standard InChI is InChI=1S/C21H24ClFN6O2.2C2HF3O2/c1-26-9-11-2-3-12-7-13(10-27-21(24)25)18(15(12)6-11)29-20(31)19(30)28-14-4-5-16(22)17(23)8-14;2*3-2(4,5)1(6)7/h2-6,8,13,18,26H,7,9-10H2,1H3,(H,28,30)(H,29,31)(H4,24,25,27);2*(H,6,7)/t13-,18-;;/m0../s1. The van der Waals surface area contributed by atoms with Crippen LogP contribution in [0.5, 0.6) is 0 Å². The van der Waals surface area contributed by atoms with Gasteiger partial charge in [-0.2, -0.15) is 26.3 Å². The summed E-state index contributed by atoms with van der Waals surface area (Å²) in [6.45, 7) is 0.961. The van der Waals surface area contributed by atoms with Crippen molar-refractivity contribution in [3.05, 3.63) is 63.9 Å². The van der Waals surface area contributed by atoms with Crippen LogP contribution in [0.2, 0.25) is 5.02 Å². The van der Waals surface area contributed by atoms with Crippen molar-refractivity contribution in [2.75, 3.05) is 18.9 Å². The fraction of sp³-hybridized carbons (Fsp3) is 0.320. The molecule has 0 unspecified atom stereocenters. The Morgan fingerprint density at radius 2 is 1.51 bits per heavy atom. The number of carbonyl (C=O) groups is 4. The Morgan fingerprint density at radius 3 is 1.98 bits per heavy atom. The number of aliphatic imine (C=N–C) groups is 1. The highest BCUT2D eigenvalue weighted by Gasteiger charge is 2.39. The fourth-order valence-corrected chi connectivity index (χ4v) is 3.76. The van der Waals surface area contributed by atoms with E-state index in [1.54, 1.807) is 0 Å². The maximum Gasteiger partial charge on any atom is 0.490 e. The van der Waals surface area contributed by atoms with E-state index in [1.165, 1.54) is 12.1 Å². The molecule has 3 rings (SSSR count). The first-order chi connectivity index (χ1) is 20.7. The van der Waals surface area contributed by atoms with E-state index in [0.29, 0.717) is 19.5 Å².